The number of benzene rings is 1. The Balaban J connectivity index is 1.89. The summed E-state index contributed by atoms with van der Waals surface area (Å²) in [6.07, 6.45) is 0. The highest BCUT2D eigenvalue weighted by Crippen LogP contribution is 2.28. The molecular formula is C16H22N2S. The van der Waals surface area contributed by atoms with Crippen LogP contribution in [-0.2, 0) is 0 Å². The molecule has 1 saturated heterocycles. The molecule has 0 amide bonds. The van der Waals surface area contributed by atoms with Gasteiger partial charge < -0.3 is 10.2 Å². The average molecular weight is 274 g/mol. The molecule has 2 nitrogen and oxygen atoms in total. The zero-order valence-corrected chi connectivity index (χ0v) is 12.7. The van der Waals surface area contributed by atoms with Crippen LogP contribution in [0.3, 0.4) is 0 Å². The van der Waals surface area contributed by atoms with Crippen LogP contribution in [0.4, 0.5) is 5.69 Å². The van der Waals surface area contributed by atoms with Crippen LogP contribution in [0.25, 0.3) is 10.1 Å². The summed E-state index contributed by atoms with van der Waals surface area (Å²) in [5.74, 6) is 0.680. The lowest BCUT2D eigenvalue weighted by Crippen LogP contribution is -2.57. The van der Waals surface area contributed by atoms with E-state index in [2.05, 4.69) is 60.6 Å². The quantitative estimate of drug-likeness (QED) is 0.898. The van der Waals surface area contributed by atoms with Crippen molar-refractivity contribution in [3.63, 3.8) is 0 Å². The van der Waals surface area contributed by atoms with Crippen LogP contribution >= 0.6 is 11.3 Å². The predicted molar refractivity (Wildman–Crippen MR) is 85.3 cm³/mol. The van der Waals surface area contributed by atoms with Crippen LogP contribution in [-0.4, -0.2) is 25.2 Å². The molecule has 1 N–H and O–H groups in total. The largest absolute Gasteiger partial charge is 0.366 e. The molecular weight excluding hydrogens is 252 g/mol. The number of piperazine rings is 1. The van der Waals surface area contributed by atoms with Gasteiger partial charge in [-0.05, 0) is 47.9 Å². The number of fused-ring (bicyclic) bond motifs is 1. The average Bonchev–Trinajstić information content (AvgIpc) is 2.86. The molecule has 1 aliphatic heterocycles. The van der Waals surface area contributed by atoms with Gasteiger partial charge in [0.15, 0.2) is 0 Å². The van der Waals surface area contributed by atoms with Crippen LogP contribution in [0.2, 0.25) is 0 Å². The Morgan fingerprint density at radius 1 is 1.32 bits per heavy atom. The Morgan fingerprint density at radius 3 is 2.95 bits per heavy atom. The summed E-state index contributed by atoms with van der Waals surface area (Å²) >= 11 is 1.82. The number of hydrogen-bond acceptors (Lipinski definition) is 3. The van der Waals surface area contributed by atoms with E-state index >= 15 is 0 Å². The summed E-state index contributed by atoms with van der Waals surface area (Å²) in [5, 5.41) is 7.20. The molecule has 0 radical (unpaired) electrons. The second-order valence-corrected chi connectivity index (χ2v) is 6.85. The Hall–Kier alpha value is -1.06. The van der Waals surface area contributed by atoms with Gasteiger partial charge >= 0.3 is 0 Å². The molecule has 1 aliphatic rings. The summed E-state index contributed by atoms with van der Waals surface area (Å²) in [7, 11) is 0. The van der Waals surface area contributed by atoms with E-state index in [0.29, 0.717) is 18.0 Å². The molecule has 0 saturated carbocycles. The van der Waals surface area contributed by atoms with Crippen molar-refractivity contribution in [2.45, 2.75) is 32.9 Å². The third-order valence-corrected chi connectivity index (χ3v) is 5.07. The molecule has 102 valence electrons. The van der Waals surface area contributed by atoms with Crippen molar-refractivity contribution in [1.82, 2.24) is 5.32 Å². The maximum absolute atomic E-state index is 3.66. The van der Waals surface area contributed by atoms with Crippen LogP contribution in [0.5, 0.6) is 0 Å². The molecule has 1 aromatic heterocycles. The number of thiophene rings is 1. The first-order valence-electron chi connectivity index (χ1n) is 7.12. The van der Waals surface area contributed by atoms with Crippen molar-refractivity contribution in [2.75, 3.05) is 18.0 Å². The molecule has 0 spiro atoms. The van der Waals surface area contributed by atoms with E-state index in [-0.39, 0.29) is 0 Å². The maximum atomic E-state index is 3.66. The highest BCUT2D eigenvalue weighted by atomic mass is 32.1. The monoisotopic (exact) mass is 274 g/mol. The fourth-order valence-electron chi connectivity index (χ4n) is 2.83. The molecule has 2 heterocycles. The first-order chi connectivity index (χ1) is 9.15. The van der Waals surface area contributed by atoms with Gasteiger partial charge in [0.05, 0.1) is 0 Å². The second kappa shape index (κ2) is 5.14. The Labute approximate surface area is 119 Å². The smallest absolute Gasteiger partial charge is 0.0387 e. The van der Waals surface area contributed by atoms with E-state index in [1.54, 1.807) is 0 Å². The molecule has 2 unspecified atom stereocenters. The summed E-state index contributed by atoms with van der Waals surface area (Å²) in [5.41, 5.74) is 1.37. The number of nitrogens with zero attached hydrogens (tertiary/aromatic N) is 1. The van der Waals surface area contributed by atoms with Gasteiger partial charge in [0.25, 0.3) is 0 Å². The standard InChI is InChI=1S/C16H22N2S/c1-11(2)15-10-18(12(3)9-17-15)14-4-5-16-13(8-14)6-7-19-16/h4-8,11-12,15,17H,9-10H2,1-3H3. The molecule has 3 rings (SSSR count). The molecule has 0 aliphatic carbocycles. The Kier molecular flexibility index (Phi) is 3.50. The first-order valence-corrected chi connectivity index (χ1v) is 8.00. The van der Waals surface area contributed by atoms with Crippen molar-refractivity contribution in [3.8, 4) is 0 Å². The van der Waals surface area contributed by atoms with Gasteiger partial charge in [-0.15, -0.1) is 11.3 Å². The lowest BCUT2D eigenvalue weighted by atomic mass is 9.99. The number of anilines is 1. The number of nitrogens with one attached hydrogen (secondary N) is 1. The molecule has 3 heteroatoms. The summed E-state index contributed by atoms with van der Waals surface area (Å²) in [4.78, 5) is 2.55. The number of hydrogen-bond donors (Lipinski definition) is 1. The summed E-state index contributed by atoms with van der Waals surface area (Å²) < 4.78 is 1.38. The van der Waals surface area contributed by atoms with E-state index in [4.69, 9.17) is 0 Å². The molecule has 1 fully saturated rings. The zero-order valence-electron chi connectivity index (χ0n) is 11.9. The molecule has 19 heavy (non-hydrogen) atoms. The minimum absolute atomic E-state index is 0.561. The predicted octanol–water partition coefficient (Wildman–Crippen LogP) is 3.72. The first kappa shape index (κ1) is 12.9. The lowest BCUT2D eigenvalue weighted by molar-refractivity contribution is 0.337. The van der Waals surface area contributed by atoms with Crippen molar-refractivity contribution in [1.29, 1.82) is 0 Å². The SMILES string of the molecule is CC(C)C1CN(c2ccc3sccc3c2)C(C)CN1. The van der Waals surface area contributed by atoms with Crippen LogP contribution in [0.1, 0.15) is 20.8 Å². The van der Waals surface area contributed by atoms with Crippen LogP contribution < -0.4 is 10.2 Å². The summed E-state index contributed by atoms with van der Waals surface area (Å²) in [6.45, 7) is 9.09. The van der Waals surface area contributed by atoms with E-state index in [9.17, 15) is 0 Å². The van der Waals surface area contributed by atoms with E-state index in [0.717, 1.165) is 13.1 Å². The minimum atomic E-state index is 0.561. The molecule has 1 aromatic carbocycles. The normalized spacial score (nSPS) is 24.3. The van der Waals surface area contributed by atoms with E-state index < -0.39 is 0 Å². The molecule has 2 atom stereocenters. The lowest BCUT2D eigenvalue weighted by Gasteiger charge is -2.42. The zero-order chi connectivity index (χ0) is 13.4. The maximum Gasteiger partial charge on any atom is 0.0387 e. The fraction of sp³-hybridized carbons (Fsp3) is 0.500. The number of rotatable bonds is 2. The highest BCUT2D eigenvalue weighted by molar-refractivity contribution is 7.17. The van der Waals surface area contributed by atoms with Gasteiger partial charge in [-0.1, -0.05) is 13.8 Å². The van der Waals surface area contributed by atoms with Gasteiger partial charge in [0, 0.05) is 35.6 Å². The van der Waals surface area contributed by atoms with Crippen LogP contribution in [0.15, 0.2) is 29.6 Å². The van der Waals surface area contributed by atoms with Crippen molar-refractivity contribution in [2.24, 2.45) is 5.92 Å². The second-order valence-electron chi connectivity index (χ2n) is 5.90. The van der Waals surface area contributed by atoms with E-state index in [1.807, 2.05) is 11.3 Å². The third kappa shape index (κ3) is 2.49. The van der Waals surface area contributed by atoms with Gasteiger partial charge in [0.1, 0.15) is 0 Å². The van der Waals surface area contributed by atoms with Crippen molar-refractivity contribution < 1.29 is 0 Å². The Bertz CT molecular complexity index is 561. The van der Waals surface area contributed by atoms with Gasteiger partial charge in [-0.25, -0.2) is 0 Å². The van der Waals surface area contributed by atoms with Gasteiger partial charge in [-0.2, -0.15) is 0 Å². The van der Waals surface area contributed by atoms with Crippen molar-refractivity contribution in [3.05, 3.63) is 29.6 Å². The molecule has 0 bridgehead atoms. The van der Waals surface area contributed by atoms with Gasteiger partial charge in [0.2, 0.25) is 0 Å². The highest BCUT2D eigenvalue weighted by Gasteiger charge is 2.26. The Morgan fingerprint density at radius 2 is 2.16 bits per heavy atom. The van der Waals surface area contributed by atoms with E-state index in [1.165, 1.54) is 15.8 Å². The van der Waals surface area contributed by atoms with Crippen LogP contribution in [0, 0.1) is 5.92 Å². The molecule has 2 aromatic rings. The minimum Gasteiger partial charge on any atom is -0.366 e. The fourth-order valence-corrected chi connectivity index (χ4v) is 3.60. The third-order valence-electron chi connectivity index (χ3n) is 4.17. The van der Waals surface area contributed by atoms with Gasteiger partial charge in [-0.3, -0.25) is 0 Å². The topological polar surface area (TPSA) is 15.3 Å². The van der Waals surface area contributed by atoms with Crippen molar-refractivity contribution >= 4 is 27.1 Å². The summed E-state index contributed by atoms with van der Waals surface area (Å²) in [6, 6.07) is 10.2.